The maximum absolute atomic E-state index is 9.71. The molecule has 1 atom stereocenters. The second kappa shape index (κ2) is 4.56. The molecule has 0 amide bonds. The molecule has 88 valence electrons. The van der Waals surface area contributed by atoms with E-state index in [-0.39, 0.29) is 12.1 Å². The van der Waals surface area contributed by atoms with E-state index in [4.69, 9.17) is 0 Å². The first-order valence-electron chi connectivity index (χ1n) is 6.12. The molecule has 2 heteroatoms. The molecule has 0 aromatic heterocycles. The van der Waals surface area contributed by atoms with Gasteiger partial charge in [0.25, 0.3) is 0 Å². The van der Waals surface area contributed by atoms with Crippen molar-refractivity contribution in [2.24, 2.45) is 5.92 Å². The van der Waals surface area contributed by atoms with Gasteiger partial charge in [0.2, 0.25) is 0 Å². The number of hydrogen-bond acceptors (Lipinski definition) is 2. The molecule has 2 rings (SSSR count). The topological polar surface area (TPSA) is 32.3 Å². The summed E-state index contributed by atoms with van der Waals surface area (Å²) in [6.07, 6.45) is 2.08. The predicted molar refractivity (Wildman–Crippen MR) is 66.4 cm³/mol. The highest BCUT2D eigenvalue weighted by atomic mass is 16.3. The molecule has 0 saturated carbocycles. The molecule has 0 aliphatic heterocycles. The lowest BCUT2D eigenvalue weighted by Crippen LogP contribution is -2.45. The second-order valence-corrected chi connectivity index (χ2v) is 5.17. The summed E-state index contributed by atoms with van der Waals surface area (Å²) < 4.78 is 0. The Balaban J connectivity index is 2.23. The highest BCUT2D eigenvalue weighted by Gasteiger charge is 2.37. The normalized spacial score (nSPS) is 23.8. The lowest BCUT2D eigenvalue weighted by molar-refractivity contribution is 0.156. The van der Waals surface area contributed by atoms with Gasteiger partial charge in [-0.15, -0.1) is 0 Å². The average Bonchev–Trinajstić information content (AvgIpc) is 2.66. The van der Waals surface area contributed by atoms with E-state index in [0.29, 0.717) is 5.92 Å². The van der Waals surface area contributed by atoms with Crippen LogP contribution in [0.15, 0.2) is 24.3 Å². The molecule has 0 radical (unpaired) electrons. The van der Waals surface area contributed by atoms with E-state index < -0.39 is 0 Å². The van der Waals surface area contributed by atoms with Crippen molar-refractivity contribution in [1.29, 1.82) is 0 Å². The van der Waals surface area contributed by atoms with E-state index in [1.165, 1.54) is 11.1 Å². The van der Waals surface area contributed by atoms with Crippen molar-refractivity contribution in [2.75, 3.05) is 13.2 Å². The number of nitrogens with one attached hydrogen (secondary N) is 1. The first kappa shape index (κ1) is 11.6. The van der Waals surface area contributed by atoms with Crippen LogP contribution in [0, 0.1) is 5.92 Å². The molecule has 0 spiro atoms. The van der Waals surface area contributed by atoms with Gasteiger partial charge in [-0.2, -0.15) is 0 Å². The van der Waals surface area contributed by atoms with Crippen molar-refractivity contribution < 1.29 is 5.11 Å². The predicted octanol–water partition coefficient (Wildman–Crippen LogP) is 2.07. The lowest BCUT2D eigenvalue weighted by atomic mass is 9.92. The summed E-state index contributed by atoms with van der Waals surface area (Å²) in [4.78, 5) is 0. The minimum Gasteiger partial charge on any atom is -0.394 e. The lowest BCUT2D eigenvalue weighted by Gasteiger charge is -2.30. The van der Waals surface area contributed by atoms with E-state index in [9.17, 15) is 5.11 Å². The van der Waals surface area contributed by atoms with Crippen molar-refractivity contribution in [2.45, 2.75) is 32.2 Å². The first-order chi connectivity index (χ1) is 7.68. The van der Waals surface area contributed by atoms with Crippen LogP contribution >= 0.6 is 0 Å². The van der Waals surface area contributed by atoms with Crippen molar-refractivity contribution >= 4 is 0 Å². The standard InChI is InChI=1S/C14H21NO/c1-11(2)9-15-14(10-16)8-7-12-5-3-4-6-13(12)14/h3-6,11,15-16H,7-10H2,1-2H3. The zero-order valence-electron chi connectivity index (χ0n) is 10.2. The molecule has 16 heavy (non-hydrogen) atoms. The smallest absolute Gasteiger partial charge is 0.0675 e. The van der Waals surface area contributed by atoms with E-state index in [2.05, 4.69) is 43.4 Å². The molecule has 1 unspecified atom stereocenters. The molecule has 1 aromatic rings. The third-order valence-electron chi connectivity index (χ3n) is 3.47. The van der Waals surface area contributed by atoms with Crippen LogP contribution in [0.4, 0.5) is 0 Å². The van der Waals surface area contributed by atoms with Crippen LogP contribution in [-0.4, -0.2) is 18.3 Å². The Morgan fingerprint density at radius 3 is 2.81 bits per heavy atom. The maximum Gasteiger partial charge on any atom is 0.0675 e. The van der Waals surface area contributed by atoms with Crippen LogP contribution < -0.4 is 5.32 Å². The molecule has 1 aliphatic rings. The Morgan fingerprint density at radius 1 is 1.38 bits per heavy atom. The SMILES string of the molecule is CC(C)CNC1(CO)CCc2ccccc21. The number of aliphatic hydroxyl groups is 1. The van der Waals surface area contributed by atoms with Gasteiger partial charge in [0.05, 0.1) is 12.1 Å². The zero-order valence-corrected chi connectivity index (χ0v) is 10.2. The third-order valence-corrected chi connectivity index (χ3v) is 3.47. The fourth-order valence-electron chi connectivity index (χ4n) is 2.49. The van der Waals surface area contributed by atoms with Crippen LogP contribution in [0.25, 0.3) is 0 Å². The van der Waals surface area contributed by atoms with Crippen molar-refractivity contribution in [3.8, 4) is 0 Å². The van der Waals surface area contributed by atoms with Gasteiger partial charge in [0, 0.05) is 0 Å². The summed E-state index contributed by atoms with van der Waals surface area (Å²) in [5, 5.41) is 13.3. The van der Waals surface area contributed by atoms with Gasteiger partial charge in [-0.3, -0.25) is 0 Å². The summed E-state index contributed by atoms with van der Waals surface area (Å²) in [5.74, 6) is 0.608. The number of aryl methyl sites for hydroxylation is 1. The van der Waals surface area contributed by atoms with E-state index >= 15 is 0 Å². The van der Waals surface area contributed by atoms with Gasteiger partial charge >= 0.3 is 0 Å². The summed E-state index contributed by atoms with van der Waals surface area (Å²) in [6, 6.07) is 8.45. The van der Waals surface area contributed by atoms with Crippen LogP contribution in [0.1, 0.15) is 31.4 Å². The first-order valence-corrected chi connectivity index (χ1v) is 6.12. The highest BCUT2D eigenvalue weighted by Crippen LogP contribution is 2.36. The van der Waals surface area contributed by atoms with Crippen LogP contribution in [0.5, 0.6) is 0 Å². The molecule has 0 saturated heterocycles. The average molecular weight is 219 g/mol. The Labute approximate surface area is 97.7 Å². The minimum atomic E-state index is -0.194. The van der Waals surface area contributed by atoms with Crippen molar-refractivity contribution in [3.63, 3.8) is 0 Å². The molecule has 2 N–H and O–H groups in total. The fourth-order valence-corrected chi connectivity index (χ4v) is 2.49. The molecule has 1 aliphatic carbocycles. The number of benzene rings is 1. The summed E-state index contributed by atoms with van der Waals surface area (Å²) >= 11 is 0. The summed E-state index contributed by atoms with van der Waals surface area (Å²) in [6.45, 7) is 5.53. The molecule has 2 nitrogen and oxygen atoms in total. The molecule has 1 aromatic carbocycles. The Bertz CT molecular complexity index is 362. The quantitative estimate of drug-likeness (QED) is 0.812. The Morgan fingerprint density at radius 2 is 2.12 bits per heavy atom. The number of aliphatic hydroxyl groups excluding tert-OH is 1. The fraction of sp³-hybridized carbons (Fsp3) is 0.571. The van der Waals surface area contributed by atoms with Crippen molar-refractivity contribution in [3.05, 3.63) is 35.4 Å². The van der Waals surface area contributed by atoms with Gasteiger partial charge in [0.1, 0.15) is 0 Å². The van der Waals surface area contributed by atoms with E-state index in [1.54, 1.807) is 0 Å². The largest absolute Gasteiger partial charge is 0.394 e. The van der Waals surface area contributed by atoms with Crippen molar-refractivity contribution in [1.82, 2.24) is 5.32 Å². The Hall–Kier alpha value is -0.860. The Kier molecular flexibility index (Phi) is 3.31. The van der Waals surface area contributed by atoms with Gasteiger partial charge in [0.15, 0.2) is 0 Å². The third kappa shape index (κ3) is 2.00. The van der Waals surface area contributed by atoms with Gasteiger partial charge < -0.3 is 10.4 Å². The van der Waals surface area contributed by atoms with Crippen LogP contribution in [-0.2, 0) is 12.0 Å². The van der Waals surface area contributed by atoms with Crippen LogP contribution in [0.3, 0.4) is 0 Å². The highest BCUT2D eigenvalue weighted by molar-refractivity contribution is 5.38. The summed E-state index contributed by atoms with van der Waals surface area (Å²) in [7, 11) is 0. The van der Waals surface area contributed by atoms with Gasteiger partial charge in [-0.25, -0.2) is 0 Å². The molecule has 0 bridgehead atoms. The molecular formula is C14H21NO. The van der Waals surface area contributed by atoms with E-state index in [0.717, 1.165) is 19.4 Å². The van der Waals surface area contributed by atoms with Gasteiger partial charge in [-0.05, 0) is 36.4 Å². The summed E-state index contributed by atoms with van der Waals surface area (Å²) in [5.41, 5.74) is 2.48. The molecule has 0 fully saturated rings. The number of fused-ring (bicyclic) bond motifs is 1. The number of hydrogen-bond donors (Lipinski definition) is 2. The molecular weight excluding hydrogens is 198 g/mol. The van der Waals surface area contributed by atoms with E-state index in [1.807, 2.05) is 0 Å². The zero-order chi connectivity index (χ0) is 11.6. The minimum absolute atomic E-state index is 0.191. The van der Waals surface area contributed by atoms with Crippen LogP contribution in [0.2, 0.25) is 0 Å². The second-order valence-electron chi connectivity index (χ2n) is 5.17. The maximum atomic E-state index is 9.71. The monoisotopic (exact) mass is 219 g/mol. The molecule has 0 heterocycles. The van der Waals surface area contributed by atoms with Gasteiger partial charge in [-0.1, -0.05) is 38.1 Å². The number of rotatable bonds is 4.